The third-order valence-electron chi connectivity index (χ3n) is 6.39. The summed E-state index contributed by atoms with van der Waals surface area (Å²) in [6.45, 7) is 4.30. The van der Waals surface area contributed by atoms with Crippen LogP contribution in [0.25, 0.3) is 10.2 Å². The van der Waals surface area contributed by atoms with Crippen molar-refractivity contribution in [2.45, 2.75) is 83.7 Å². The first kappa shape index (κ1) is 20.4. The highest BCUT2D eigenvalue weighted by Gasteiger charge is 2.29. The van der Waals surface area contributed by atoms with E-state index in [4.69, 9.17) is 9.84 Å². The number of nitrogens with zero attached hydrogens (tertiary/aromatic N) is 2. The highest BCUT2D eigenvalue weighted by molar-refractivity contribution is 7.20. The average Bonchev–Trinajstić information content (AvgIpc) is 3.30. The minimum atomic E-state index is -0.0930. The Hall–Kier alpha value is -1.89. The van der Waals surface area contributed by atoms with Crippen LogP contribution in [0.1, 0.15) is 86.1 Å². The number of carbonyl (C=O) groups excluding carboxylic acids is 2. The van der Waals surface area contributed by atoms with E-state index in [-0.39, 0.29) is 23.8 Å². The summed E-state index contributed by atoms with van der Waals surface area (Å²) >= 11 is 1.56. The Kier molecular flexibility index (Phi) is 6.23. The first-order chi connectivity index (χ1) is 14.1. The van der Waals surface area contributed by atoms with Crippen molar-refractivity contribution in [3.05, 3.63) is 16.6 Å². The van der Waals surface area contributed by atoms with Gasteiger partial charge in [0, 0.05) is 11.4 Å². The molecule has 0 saturated heterocycles. The normalized spacial score (nSPS) is 23.2. The fourth-order valence-electron chi connectivity index (χ4n) is 4.75. The van der Waals surface area contributed by atoms with Crippen LogP contribution in [0, 0.1) is 12.8 Å². The van der Waals surface area contributed by atoms with Gasteiger partial charge in [0.25, 0.3) is 5.91 Å². The maximum Gasteiger partial charge on any atom is 0.308 e. The van der Waals surface area contributed by atoms with Gasteiger partial charge in [-0.05, 0) is 58.4 Å². The van der Waals surface area contributed by atoms with Crippen LogP contribution in [0.3, 0.4) is 0 Å². The third-order valence-corrected chi connectivity index (χ3v) is 7.52. The number of aryl methyl sites for hydroxylation is 1. The molecule has 2 saturated carbocycles. The molecule has 6 nitrogen and oxygen atoms in total. The first-order valence-electron chi connectivity index (χ1n) is 11.0. The summed E-state index contributed by atoms with van der Waals surface area (Å²) in [5.74, 6) is -0.110. The van der Waals surface area contributed by atoms with Gasteiger partial charge in [-0.15, -0.1) is 11.3 Å². The van der Waals surface area contributed by atoms with Gasteiger partial charge < -0.3 is 10.1 Å². The van der Waals surface area contributed by atoms with E-state index in [1.54, 1.807) is 11.3 Å². The molecule has 2 heterocycles. The quantitative estimate of drug-likeness (QED) is 0.712. The van der Waals surface area contributed by atoms with Gasteiger partial charge in [0.1, 0.15) is 4.83 Å². The molecule has 0 aliphatic heterocycles. The summed E-state index contributed by atoms with van der Waals surface area (Å²) in [7, 11) is 0. The van der Waals surface area contributed by atoms with Crippen LogP contribution >= 0.6 is 11.3 Å². The van der Waals surface area contributed by atoms with E-state index >= 15 is 0 Å². The standard InChI is InChI=1S/C22H31N3O3S/c1-3-28-22(27)15-9-11-16(12-10-15)23-20(26)19-13-18-14(2)24-25(21(18)29-19)17-7-5-4-6-8-17/h13,15-17H,3-12H2,1-2H3,(H,23,26)/t15-,16+. The van der Waals surface area contributed by atoms with Crippen LogP contribution < -0.4 is 5.32 Å². The number of rotatable bonds is 5. The summed E-state index contributed by atoms with van der Waals surface area (Å²) in [6, 6.07) is 2.60. The van der Waals surface area contributed by atoms with Gasteiger partial charge in [0.05, 0.1) is 29.1 Å². The van der Waals surface area contributed by atoms with Gasteiger partial charge in [-0.1, -0.05) is 19.3 Å². The van der Waals surface area contributed by atoms with Crippen molar-refractivity contribution in [1.82, 2.24) is 15.1 Å². The second-order valence-electron chi connectivity index (χ2n) is 8.43. The van der Waals surface area contributed by atoms with Crippen molar-refractivity contribution in [1.29, 1.82) is 0 Å². The van der Waals surface area contributed by atoms with E-state index in [9.17, 15) is 9.59 Å². The molecule has 1 amide bonds. The van der Waals surface area contributed by atoms with Crippen LogP contribution in [0.2, 0.25) is 0 Å². The van der Waals surface area contributed by atoms with Gasteiger partial charge in [0.2, 0.25) is 0 Å². The molecule has 2 aliphatic carbocycles. The highest BCUT2D eigenvalue weighted by atomic mass is 32.1. The number of ether oxygens (including phenoxy) is 1. The Morgan fingerprint density at radius 3 is 2.59 bits per heavy atom. The molecule has 0 radical (unpaired) electrons. The lowest BCUT2D eigenvalue weighted by Gasteiger charge is -2.27. The maximum atomic E-state index is 12.9. The number of aromatic nitrogens is 2. The lowest BCUT2D eigenvalue weighted by molar-refractivity contribution is -0.149. The molecule has 0 unspecified atom stereocenters. The second-order valence-corrected chi connectivity index (χ2v) is 9.46. The first-order valence-corrected chi connectivity index (χ1v) is 11.8. The van der Waals surface area contributed by atoms with Crippen LogP contribution in [-0.4, -0.2) is 34.3 Å². The molecule has 2 aliphatic rings. The average molecular weight is 418 g/mol. The highest BCUT2D eigenvalue weighted by Crippen LogP contribution is 2.35. The molecule has 29 heavy (non-hydrogen) atoms. The summed E-state index contributed by atoms with van der Waals surface area (Å²) in [5, 5.41) is 9.07. The molecule has 158 valence electrons. The number of thiophene rings is 1. The molecule has 2 fully saturated rings. The molecule has 1 N–H and O–H groups in total. The minimum Gasteiger partial charge on any atom is -0.466 e. The van der Waals surface area contributed by atoms with Gasteiger partial charge in [0.15, 0.2) is 0 Å². The lowest BCUT2D eigenvalue weighted by atomic mass is 9.86. The summed E-state index contributed by atoms with van der Waals surface area (Å²) in [5.41, 5.74) is 1.01. The number of hydrogen-bond donors (Lipinski definition) is 1. The summed E-state index contributed by atoms with van der Waals surface area (Å²) in [4.78, 5) is 26.7. The lowest BCUT2D eigenvalue weighted by Crippen LogP contribution is -2.38. The molecule has 4 rings (SSSR count). The Morgan fingerprint density at radius 1 is 1.17 bits per heavy atom. The van der Waals surface area contributed by atoms with E-state index in [0.717, 1.165) is 46.5 Å². The molecule has 0 spiro atoms. The molecule has 0 atom stereocenters. The Morgan fingerprint density at radius 2 is 1.90 bits per heavy atom. The van der Waals surface area contributed by atoms with Crippen molar-refractivity contribution in [2.24, 2.45) is 5.92 Å². The zero-order valence-corrected chi connectivity index (χ0v) is 18.2. The smallest absolute Gasteiger partial charge is 0.308 e. The third kappa shape index (κ3) is 4.34. The number of esters is 1. The van der Waals surface area contributed by atoms with Crippen LogP contribution in [0.4, 0.5) is 0 Å². The van der Waals surface area contributed by atoms with E-state index < -0.39 is 0 Å². The molecule has 2 aromatic heterocycles. The fourth-order valence-corrected chi connectivity index (χ4v) is 5.88. The van der Waals surface area contributed by atoms with Gasteiger partial charge in [-0.2, -0.15) is 5.10 Å². The van der Waals surface area contributed by atoms with Gasteiger partial charge in [-0.3, -0.25) is 14.3 Å². The summed E-state index contributed by atoms with van der Waals surface area (Å²) < 4.78 is 7.31. The van der Waals surface area contributed by atoms with Crippen molar-refractivity contribution < 1.29 is 14.3 Å². The second kappa shape index (κ2) is 8.86. The SMILES string of the molecule is CCOC(=O)[C@H]1CC[C@@H](NC(=O)c2cc3c(C)nn(C4CCCCC4)c3s2)CC1. The Balaban J connectivity index is 1.41. The number of nitrogens with one attached hydrogen (secondary N) is 1. The molecule has 7 heteroatoms. The molecular weight excluding hydrogens is 386 g/mol. The Labute approximate surface area is 176 Å². The fraction of sp³-hybridized carbons (Fsp3) is 0.682. The van der Waals surface area contributed by atoms with E-state index in [0.29, 0.717) is 12.6 Å². The number of amides is 1. The minimum absolute atomic E-state index is 0.000351. The predicted octanol–water partition coefficient (Wildman–Crippen LogP) is 4.76. The van der Waals surface area contributed by atoms with Crippen LogP contribution in [0.15, 0.2) is 6.07 Å². The van der Waals surface area contributed by atoms with E-state index in [1.165, 1.54) is 32.1 Å². The topological polar surface area (TPSA) is 73.2 Å². The Bertz CT molecular complexity index is 873. The monoisotopic (exact) mass is 417 g/mol. The molecule has 0 bridgehead atoms. The van der Waals surface area contributed by atoms with Crippen molar-refractivity contribution in [2.75, 3.05) is 6.61 Å². The zero-order valence-electron chi connectivity index (χ0n) is 17.4. The van der Waals surface area contributed by atoms with Crippen molar-refractivity contribution in [3.8, 4) is 0 Å². The van der Waals surface area contributed by atoms with E-state index in [1.807, 2.05) is 19.9 Å². The van der Waals surface area contributed by atoms with Gasteiger partial charge >= 0.3 is 5.97 Å². The summed E-state index contributed by atoms with van der Waals surface area (Å²) in [6.07, 6.45) is 9.42. The van der Waals surface area contributed by atoms with Crippen molar-refractivity contribution >= 4 is 33.4 Å². The van der Waals surface area contributed by atoms with Gasteiger partial charge in [-0.25, -0.2) is 0 Å². The predicted molar refractivity (Wildman–Crippen MR) is 114 cm³/mol. The van der Waals surface area contributed by atoms with E-state index in [2.05, 4.69) is 10.00 Å². The number of carbonyl (C=O) groups is 2. The molecular formula is C22H31N3O3S. The zero-order chi connectivity index (χ0) is 20.4. The largest absolute Gasteiger partial charge is 0.466 e. The van der Waals surface area contributed by atoms with Crippen LogP contribution in [-0.2, 0) is 9.53 Å². The van der Waals surface area contributed by atoms with Crippen molar-refractivity contribution in [3.63, 3.8) is 0 Å². The number of fused-ring (bicyclic) bond motifs is 1. The molecule has 2 aromatic rings. The number of hydrogen-bond acceptors (Lipinski definition) is 5. The van der Waals surface area contributed by atoms with Crippen LogP contribution in [0.5, 0.6) is 0 Å². The maximum absolute atomic E-state index is 12.9. The molecule has 0 aromatic carbocycles.